The third-order valence-electron chi connectivity index (χ3n) is 1.63. The summed E-state index contributed by atoms with van der Waals surface area (Å²) in [5, 5.41) is 0.683. The van der Waals surface area contributed by atoms with Gasteiger partial charge in [0.05, 0.1) is 5.02 Å². The van der Waals surface area contributed by atoms with Gasteiger partial charge in [-0.3, -0.25) is 0 Å². The highest BCUT2D eigenvalue weighted by Gasteiger charge is 2.05. The van der Waals surface area contributed by atoms with Crippen LogP contribution in [0.5, 0.6) is 0 Å². The van der Waals surface area contributed by atoms with Crippen molar-refractivity contribution in [1.82, 2.24) is 0 Å². The molecular formula is C8H10BrClN2. The van der Waals surface area contributed by atoms with E-state index in [1.54, 1.807) is 6.07 Å². The summed E-state index contributed by atoms with van der Waals surface area (Å²) >= 11 is 9.12. The van der Waals surface area contributed by atoms with Crippen LogP contribution < -0.4 is 11.5 Å². The monoisotopic (exact) mass is 248 g/mol. The lowest BCUT2D eigenvalue weighted by Gasteiger charge is -2.09. The Morgan fingerprint density at radius 3 is 2.67 bits per heavy atom. The Labute approximate surface area is 85.0 Å². The third kappa shape index (κ3) is 2.20. The van der Waals surface area contributed by atoms with Gasteiger partial charge in [-0.25, -0.2) is 0 Å². The van der Waals surface area contributed by atoms with E-state index in [1.807, 2.05) is 12.1 Å². The number of halogens is 2. The van der Waals surface area contributed by atoms with E-state index in [-0.39, 0.29) is 6.04 Å². The molecule has 0 saturated heterocycles. The Bertz CT molecular complexity index is 278. The summed E-state index contributed by atoms with van der Waals surface area (Å²) in [6, 6.07) is 5.46. The Morgan fingerprint density at radius 1 is 1.50 bits per heavy atom. The molecule has 1 aromatic rings. The van der Waals surface area contributed by atoms with Crippen molar-refractivity contribution in [3.63, 3.8) is 0 Å². The molecule has 0 aromatic heterocycles. The highest BCUT2D eigenvalue weighted by molar-refractivity contribution is 9.10. The van der Waals surface area contributed by atoms with Crippen molar-refractivity contribution in [2.75, 3.05) is 6.54 Å². The van der Waals surface area contributed by atoms with Gasteiger partial charge in [-0.15, -0.1) is 0 Å². The maximum Gasteiger partial charge on any atom is 0.0548 e. The topological polar surface area (TPSA) is 52.0 Å². The maximum atomic E-state index is 5.81. The molecule has 0 radical (unpaired) electrons. The molecule has 66 valence electrons. The molecule has 1 unspecified atom stereocenters. The van der Waals surface area contributed by atoms with Crippen molar-refractivity contribution in [3.8, 4) is 0 Å². The summed E-state index contributed by atoms with van der Waals surface area (Å²) in [7, 11) is 0. The van der Waals surface area contributed by atoms with Crippen LogP contribution in [0.25, 0.3) is 0 Å². The molecule has 0 aliphatic rings. The fourth-order valence-corrected chi connectivity index (χ4v) is 1.39. The highest BCUT2D eigenvalue weighted by Crippen LogP contribution is 2.24. The van der Waals surface area contributed by atoms with Crippen LogP contribution in [0.2, 0.25) is 5.02 Å². The van der Waals surface area contributed by atoms with E-state index in [0.717, 1.165) is 10.0 Å². The smallest absolute Gasteiger partial charge is 0.0548 e. The van der Waals surface area contributed by atoms with Gasteiger partial charge in [0.25, 0.3) is 0 Å². The van der Waals surface area contributed by atoms with E-state index in [1.165, 1.54) is 0 Å². The molecule has 0 amide bonds. The summed E-state index contributed by atoms with van der Waals surface area (Å²) in [5.74, 6) is 0. The fraction of sp³-hybridized carbons (Fsp3) is 0.250. The first-order valence-electron chi connectivity index (χ1n) is 3.55. The van der Waals surface area contributed by atoms with Crippen molar-refractivity contribution in [2.24, 2.45) is 11.5 Å². The van der Waals surface area contributed by atoms with Gasteiger partial charge in [-0.05, 0) is 33.6 Å². The standard InChI is InChI=1S/C8H10BrClN2/c9-6-3-5(8(12)4-11)1-2-7(6)10/h1-3,8H,4,11-12H2. The zero-order chi connectivity index (χ0) is 9.14. The van der Waals surface area contributed by atoms with Gasteiger partial charge >= 0.3 is 0 Å². The molecule has 0 heterocycles. The first kappa shape index (κ1) is 9.99. The molecule has 1 atom stereocenters. The number of benzene rings is 1. The molecular weight excluding hydrogens is 239 g/mol. The minimum absolute atomic E-state index is 0.112. The van der Waals surface area contributed by atoms with Crippen LogP contribution in [0.15, 0.2) is 22.7 Å². The molecule has 4 N–H and O–H groups in total. The van der Waals surface area contributed by atoms with Crippen LogP contribution in [-0.4, -0.2) is 6.54 Å². The zero-order valence-electron chi connectivity index (χ0n) is 6.43. The number of hydrogen-bond acceptors (Lipinski definition) is 2. The molecule has 0 spiro atoms. The molecule has 4 heteroatoms. The van der Waals surface area contributed by atoms with Crippen molar-refractivity contribution < 1.29 is 0 Å². The molecule has 1 rings (SSSR count). The molecule has 0 aliphatic carbocycles. The van der Waals surface area contributed by atoms with E-state index in [4.69, 9.17) is 23.1 Å². The van der Waals surface area contributed by atoms with E-state index < -0.39 is 0 Å². The number of nitrogens with two attached hydrogens (primary N) is 2. The summed E-state index contributed by atoms with van der Waals surface area (Å²) < 4.78 is 0.852. The Kier molecular flexibility index (Phi) is 3.53. The van der Waals surface area contributed by atoms with Gasteiger partial charge in [0, 0.05) is 17.1 Å². The SMILES string of the molecule is NCC(N)c1ccc(Cl)c(Br)c1. The molecule has 0 saturated carbocycles. The molecule has 12 heavy (non-hydrogen) atoms. The van der Waals surface area contributed by atoms with Crippen LogP contribution in [-0.2, 0) is 0 Å². The Hall–Kier alpha value is -0.0900. The molecule has 1 aromatic carbocycles. The van der Waals surface area contributed by atoms with Crippen LogP contribution in [0.4, 0.5) is 0 Å². The molecule has 0 bridgehead atoms. The minimum atomic E-state index is -0.112. The average molecular weight is 250 g/mol. The van der Waals surface area contributed by atoms with Crippen LogP contribution >= 0.6 is 27.5 Å². The van der Waals surface area contributed by atoms with E-state index in [0.29, 0.717) is 11.6 Å². The quantitative estimate of drug-likeness (QED) is 0.843. The fourth-order valence-electron chi connectivity index (χ4n) is 0.879. The van der Waals surface area contributed by atoms with Gasteiger partial charge in [0.1, 0.15) is 0 Å². The second-order valence-corrected chi connectivity index (χ2v) is 3.78. The van der Waals surface area contributed by atoms with Crippen LogP contribution in [0.1, 0.15) is 11.6 Å². The maximum absolute atomic E-state index is 5.81. The van der Waals surface area contributed by atoms with Gasteiger partial charge in [-0.1, -0.05) is 17.7 Å². The summed E-state index contributed by atoms with van der Waals surface area (Å²) in [6.07, 6.45) is 0. The number of rotatable bonds is 2. The zero-order valence-corrected chi connectivity index (χ0v) is 8.77. The Morgan fingerprint density at radius 2 is 2.17 bits per heavy atom. The third-order valence-corrected chi connectivity index (χ3v) is 2.84. The first-order chi connectivity index (χ1) is 5.65. The molecule has 0 fully saturated rings. The Balaban J connectivity index is 2.96. The van der Waals surface area contributed by atoms with E-state index >= 15 is 0 Å². The number of hydrogen-bond donors (Lipinski definition) is 2. The average Bonchev–Trinajstić information content (AvgIpc) is 2.08. The first-order valence-corrected chi connectivity index (χ1v) is 4.73. The predicted octanol–water partition coefficient (Wildman–Crippen LogP) is 2.06. The predicted molar refractivity (Wildman–Crippen MR) is 55.1 cm³/mol. The second-order valence-electron chi connectivity index (χ2n) is 2.52. The second kappa shape index (κ2) is 4.23. The van der Waals surface area contributed by atoms with Crippen molar-refractivity contribution in [3.05, 3.63) is 33.3 Å². The summed E-state index contributed by atoms with van der Waals surface area (Å²) in [4.78, 5) is 0. The minimum Gasteiger partial charge on any atom is -0.329 e. The van der Waals surface area contributed by atoms with Crippen molar-refractivity contribution in [1.29, 1.82) is 0 Å². The lowest BCUT2D eigenvalue weighted by atomic mass is 10.1. The van der Waals surface area contributed by atoms with Crippen LogP contribution in [0.3, 0.4) is 0 Å². The van der Waals surface area contributed by atoms with Gasteiger partial charge < -0.3 is 11.5 Å². The molecule has 2 nitrogen and oxygen atoms in total. The largest absolute Gasteiger partial charge is 0.329 e. The summed E-state index contributed by atoms with van der Waals surface area (Å²) in [6.45, 7) is 0.439. The van der Waals surface area contributed by atoms with Crippen molar-refractivity contribution in [2.45, 2.75) is 6.04 Å². The summed E-state index contributed by atoms with van der Waals surface area (Å²) in [5.41, 5.74) is 12.1. The van der Waals surface area contributed by atoms with Gasteiger partial charge in [0.15, 0.2) is 0 Å². The normalized spacial score (nSPS) is 13.0. The van der Waals surface area contributed by atoms with Gasteiger partial charge in [0.2, 0.25) is 0 Å². The highest BCUT2D eigenvalue weighted by atomic mass is 79.9. The lowest BCUT2D eigenvalue weighted by Crippen LogP contribution is -2.20. The van der Waals surface area contributed by atoms with Gasteiger partial charge in [-0.2, -0.15) is 0 Å². The van der Waals surface area contributed by atoms with Crippen molar-refractivity contribution >= 4 is 27.5 Å². The van der Waals surface area contributed by atoms with Crippen LogP contribution in [0, 0.1) is 0 Å². The molecule has 0 aliphatic heterocycles. The van der Waals surface area contributed by atoms with E-state index in [9.17, 15) is 0 Å². The van der Waals surface area contributed by atoms with E-state index in [2.05, 4.69) is 15.9 Å². The lowest BCUT2D eigenvalue weighted by molar-refractivity contribution is 0.736.